The van der Waals surface area contributed by atoms with Crippen LogP contribution in [0.4, 0.5) is 10.1 Å². The van der Waals surface area contributed by atoms with E-state index in [1.807, 2.05) is 12.1 Å². The van der Waals surface area contributed by atoms with Crippen LogP contribution in [0.3, 0.4) is 0 Å². The summed E-state index contributed by atoms with van der Waals surface area (Å²) in [5, 5.41) is 3.11. The van der Waals surface area contributed by atoms with Crippen molar-refractivity contribution in [1.29, 1.82) is 0 Å². The van der Waals surface area contributed by atoms with Gasteiger partial charge in [0.15, 0.2) is 11.5 Å². The van der Waals surface area contributed by atoms with E-state index in [4.69, 9.17) is 4.74 Å². The van der Waals surface area contributed by atoms with E-state index in [0.717, 1.165) is 18.0 Å². The van der Waals surface area contributed by atoms with E-state index in [9.17, 15) is 14.0 Å². The fourth-order valence-corrected chi connectivity index (χ4v) is 6.30. The first-order chi connectivity index (χ1) is 19.6. The summed E-state index contributed by atoms with van der Waals surface area (Å²) >= 11 is 0. The van der Waals surface area contributed by atoms with Crippen LogP contribution in [0.5, 0.6) is 5.75 Å². The normalized spacial score (nSPS) is 21.9. The molecule has 40 heavy (non-hydrogen) atoms. The van der Waals surface area contributed by atoms with Gasteiger partial charge in [0.1, 0.15) is 5.82 Å². The molecule has 1 saturated carbocycles. The van der Waals surface area contributed by atoms with E-state index in [-0.39, 0.29) is 29.9 Å². The molecule has 2 heterocycles. The maximum atomic E-state index is 14.4. The number of nitrogens with zero attached hydrogens (tertiary/aromatic N) is 2. The number of halogens is 1. The van der Waals surface area contributed by atoms with Crippen molar-refractivity contribution in [3.63, 3.8) is 0 Å². The van der Waals surface area contributed by atoms with Gasteiger partial charge in [-0.3, -0.25) is 19.4 Å². The topological polar surface area (TPSA) is 61.9 Å². The second-order valence-electron chi connectivity index (χ2n) is 10.9. The molecule has 0 radical (unpaired) electrons. The number of carbonyl (C=O) groups excluding carboxylic acids is 2. The second kappa shape index (κ2) is 11.6. The molecule has 0 spiro atoms. The number of likely N-dealkylation sites (tertiary alicyclic amines) is 1. The SMILES string of the molecule is O=C(NCN1CCCC2CCCCC21)c1ccc(/C=C2\Oc3ccccc3N(Cc3ccccc3F)C2=O)cc1. The summed E-state index contributed by atoms with van der Waals surface area (Å²) in [6.45, 7) is 1.70. The lowest BCUT2D eigenvalue weighted by atomic mass is 9.78. The van der Waals surface area contributed by atoms with Gasteiger partial charge < -0.3 is 10.1 Å². The van der Waals surface area contributed by atoms with Gasteiger partial charge in [-0.2, -0.15) is 0 Å². The number of rotatable bonds is 6. The number of anilines is 1. The third kappa shape index (κ3) is 5.52. The Bertz CT molecular complexity index is 1420. The number of nitrogens with one attached hydrogen (secondary N) is 1. The van der Waals surface area contributed by atoms with Crippen LogP contribution in [-0.4, -0.2) is 36.0 Å². The highest BCUT2D eigenvalue weighted by Gasteiger charge is 2.33. The number of hydrogen-bond acceptors (Lipinski definition) is 4. The molecule has 0 bridgehead atoms. The lowest BCUT2D eigenvalue weighted by molar-refractivity contribution is -0.117. The van der Waals surface area contributed by atoms with Gasteiger partial charge in [-0.15, -0.1) is 0 Å². The van der Waals surface area contributed by atoms with Crippen LogP contribution in [0.2, 0.25) is 0 Å². The molecule has 1 N–H and O–H groups in total. The molecule has 3 aromatic rings. The lowest BCUT2D eigenvalue weighted by Crippen LogP contribution is -2.51. The highest BCUT2D eigenvalue weighted by molar-refractivity contribution is 6.09. The Balaban J connectivity index is 1.15. The Morgan fingerprint density at radius 1 is 0.950 bits per heavy atom. The molecule has 2 amide bonds. The quantitative estimate of drug-likeness (QED) is 0.383. The molecule has 2 atom stereocenters. The summed E-state index contributed by atoms with van der Waals surface area (Å²) in [6, 6.07) is 21.4. The third-order valence-electron chi connectivity index (χ3n) is 8.39. The van der Waals surface area contributed by atoms with Crippen LogP contribution in [0.25, 0.3) is 6.08 Å². The van der Waals surface area contributed by atoms with Crippen molar-refractivity contribution in [2.24, 2.45) is 5.92 Å². The minimum absolute atomic E-state index is 0.0843. The van der Waals surface area contributed by atoms with E-state index < -0.39 is 0 Å². The van der Waals surface area contributed by atoms with Gasteiger partial charge in [0.2, 0.25) is 0 Å². The standard InChI is InChI=1S/C33H34FN3O3/c34-27-11-3-1-9-26(27)21-37-29-13-5-6-14-30(29)40-31(33(37)39)20-23-15-17-25(18-16-23)32(38)35-22-36-19-7-10-24-8-2-4-12-28(24)36/h1,3,5-6,9,11,13-18,20,24,28H,2,4,7-8,10,12,19,21-22H2,(H,35,38)/b31-20-. The Morgan fingerprint density at radius 3 is 2.55 bits per heavy atom. The fourth-order valence-electron chi connectivity index (χ4n) is 6.30. The second-order valence-corrected chi connectivity index (χ2v) is 10.9. The Kier molecular flexibility index (Phi) is 7.64. The van der Waals surface area contributed by atoms with Crippen molar-refractivity contribution in [1.82, 2.24) is 10.2 Å². The largest absolute Gasteiger partial charge is 0.449 e. The van der Waals surface area contributed by atoms with Gasteiger partial charge in [-0.25, -0.2) is 4.39 Å². The first-order valence-electron chi connectivity index (χ1n) is 14.2. The molecule has 206 valence electrons. The average Bonchev–Trinajstić information content (AvgIpc) is 2.99. The van der Waals surface area contributed by atoms with Crippen LogP contribution in [0, 0.1) is 11.7 Å². The van der Waals surface area contributed by atoms with E-state index in [1.165, 1.54) is 49.5 Å². The average molecular weight is 540 g/mol. The van der Waals surface area contributed by atoms with Gasteiger partial charge >= 0.3 is 0 Å². The van der Waals surface area contributed by atoms with Crippen molar-refractivity contribution in [3.05, 3.63) is 101 Å². The Hall–Kier alpha value is -3.97. The molecule has 2 fully saturated rings. The highest BCUT2D eigenvalue weighted by Crippen LogP contribution is 2.37. The Morgan fingerprint density at radius 2 is 1.70 bits per heavy atom. The van der Waals surface area contributed by atoms with Crippen molar-refractivity contribution in [2.45, 2.75) is 51.1 Å². The minimum atomic E-state index is -0.363. The highest BCUT2D eigenvalue weighted by atomic mass is 19.1. The molecule has 0 aromatic heterocycles. The first kappa shape index (κ1) is 26.3. The van der Waals surface area contributed by atoms with Crippen molar-refractivity contribution >= 4 is 23.6 Å². The Labute approximate surface area is 234 Å². The smallest absolute Gasteiger partial charge is 0.294 e. The number of piperidine rings is 1. The lowest BCUT2D eigenvalue weighted by Gasteiger charge is -2.44. The molecule has 3 aliphatic rings. The predicted octanol–water partition coefficient (Wildman–Crippen LogP) is 6.13. The van der Waals surface area contributed by atoms with Crippen molar-refractivity contribution < 1.29 is 18.7 Å². The van der Waals surface area contributed by atoms with Crippen LogP contribution in [-0.2, 0) is 11.3 Å². The first-order valence-corrected chi connectivity index (χ1v) is 14.2. The maximum Gasteiger partial charge on any atom is 0.294 e. The van der Waals surface area contributed by atoms with Gasteiger partial charge in [0.25, 0.3) is 11.8 Å². The summed E-state index contributed by atoms with van der Waals surface area (Å²) in [5.41, 5.74) is 2.31. The molecule has 2 unspecified atom stereocenters. The van der Waals surface area contributed by atoms with E-state index in [1.54, 1.807) is 60.7 Å². The molecule has 7 heteroatoms. The van der Waals surface area contributed by atoms with Crippen LogP contribution in [0.1, 0.15) is 60.0 Å². The zero-order valence-electron chi connectivity index (χ0n) is 22.5. The van der Waals surface area contributed by atoms with Gasteiger partial charge in [0.05, 0.1) is 18.9 Å². The molecule has 1 aliphatic carbocycles. The molecular weight excluding hydrogens is 505 g/mol. The number of hydrogen-bond donors (Lipinski definition) is 1. The number of fused-ring (bicyclic) bond motifs is 2. The number of carbonyl (C=O) groups is 2. The summed E-state index contributed by atoms with van der Waals surface area (Å²) in [4.78, 5) is 30.3. The zero-order chi connectivity index (χ0) is 27.5. The van der Waals surface area contributed by atoms with Crippen molar-refractivity contribution in [3.8, 4) is 5.75 Å². The molecular formula is C33H34FN3O3. The summed E-state index contributed by atoms with van der Waals surface area (Å²) in [6.07, 6.45) is 9.31. The number of ether oxygens (including phenoxy) is 1. The van der Waals surface area contributed by atoms with E-state index >= 15 is 0 Å². The summed E-state index contributed by atoms with van der Waals surface area (Å²) in [5.74, 6) is 0.611. The third-order valence-corrected chi connectivity index (χ3v) is 8.39. The number of para-hydroxylation sites is 2. The van der Waals surface area contributed by atoms with Gasteiger partial charge in [-0.05, 0) is 73.6 Å². The maximum absolute atomic E-state index is 14.4. The number of amides is 2. The fraction of sp³-hybridized carbons (Fsp3) is 0.333. The van der Waals surface area contributed by atoms with Crippen LogP contribution in [0.15, 0.2) is 78.6 Å². The molecule has 6 rings (SSSR count). The number of benzene rings is 3. The molecule has 2 aliphatic heterocycles. The van der Waals surface area contributed by atoms with Crippen LogP contribution < -0.4 is 15.0 Å². The summed E-state index contributed by atoms with van der Waals surface area (Å²) in [7, 11) is 0. The van der Waals surface area contributed by atoms with Crippen molar-refractivity contribution in [2.75, 3.05) is 18.1 Å². The van der Waals surface area contributed by atoms with Crippen LogP contribution >= 0.6 is 0 Å². The summed E-state index contributed by atoms with van der Waals surface area (Å²) < 4.78 is 20.4. The molecule has 6 nitrogen and oxygen atoms in total. The monoisotopic (exact) mass is 539 g/mol. The zero-order valence-corrected chi connectivity index (χ0v) is 22.5. The molecule has 3 aromatic carbocycles. The molecule has 1 saturated heterocycles. The van der Waals surface area contributed by atoms with Gasteiger partial charge in [-0.1, -0.05) is 55.3 Å². The van der Waals surface area contributed by atoms with E-state index in [2.05, 4.69) is 10.2 Å². The van der Waals surface area contributed by atoms with Gasteiger partial charge in [0, 0.05) is 23.7 Å². The van der Waals surface area contributed by atoms with E-state index in [0.29, 0.717) is 35.3 Å². The predicted molar refractivity (Wildman–Crippen MR) is 153 cm³/mol. The minimum Gasteiger partial charge on any atom is -0.449 e.